The van der Waals surface area contributed by atoms with E-state index in [4.69, 9.17) is 4.74 Å². The van der Waals surface area contributed by atoms with Crippen LogP contribution in [0.1, 0.15) is 38.1 Å². The Kier molecular flexibility index (Phi) is 5.19. The van der Waals surface area contributed by atoms with Gasteiger partial charge in [-0.25, -0.2) is 4.39 Å². The van der Waals surface area contributed by atoms with Crippen LogP contribution in [-0.2, 0) is 4.74 Å². The number of morpholine rings is 1. The van der Waals surface area contributed by atoms with Gasteiger partial charge in [-0.3, -0.25) is 9.69 Å². The van der Waals surface area contributed by atoms with Crippen molar-refractivity contribution < 1.29 is 13.9 Å². The summed E-state index contributed by atoms with van der Waals surface area (Å²) in [6, 6.07) is 6.03. The lowest BCUT2D eigenvalue weighted by molar-refractivity contribution is -0.0948. The average molecular weight is 308 g/mol. The first-order chi connectivity index (χ1) is 10.3. The predicted molar refractivity (Wildman–Crippen MR) is 84.4 cm³/mol. The van der Waals surface area contributed by atoms with Crippen molar-refractivity contribution in [2.45, 2.75) is 45.4 Å². The van der Waals surface area contributed by atoms with Crippen LogP contribution in [0.25, 0.3) is 0 Å². The van der Waals surface area contributed by atoms with Gasteiger partial charge in [-0.1, -0.05) is 12.1 Å². The third kappa shape index (κ3) is 4.05. The first-order valence-electron chi connectivity index (χ1n) is 7.73. The summed E-state index contributed by atoms with van der Waals surface area (Å²) in [5.41, 5.74) is -0.130. The summed E-state index contributed by atoms with van der Waals surface area (Å²) in [6.45, 7) is 10.4. The van der Waals surface area contributed by atoms with Gasteiger partial charge in [-0.05, 0) is 39.8 Å². The summed E-state index contributed by atoms with van der Waals surface area (Å²) in [4.78, 5) is 14.4. The fourth-order valence-corrected chi connectivity index (χ4v) is 2.82. The van der Waals surface area contributed by atoms with Crippen LogP contribution < -0.4 is 5.32 Å². The van der Waals surface area contributed by atoms with Crippen LogP contribution in [0.15, 0.2) is 24.3 Å². The Hall–Kier alpha value is -1.46. The van der Waals surface area contributed by atoms with Crippen molar-refractivity contribution >= 4 is 5.91 Å². The number of rotatable bonds is 4. The van der Waals surface area contributed by atoms with Gasteiger partial charge in [0.15, 0.2) is 0 Å². The molecule has 1 aromatic rings. The highest BCUT2D eigenvalue weighted by molar-refractivity contribution is 5.94. The molecule has 0 aliphatic carbocycles. The number of ether oxygens (including phenoxy) is 1. The van der Waals surface area contributed by atoms with E-state index in [2.05, 4.69) is 37.9 Å². The maximum absolute atomic E-state index is 13.6. The molecule has 1 aliphatic heterocycles. The largest absolute Gasteiger partial charge is 0.373 e. The fraction of sp³-hybridized carbons (Fsp3) is 0.588. The molecular formula is C17H25FN2O2. The van der Waals surface area contributed by atoms with Gasteiger partial charge in [0.25, 0.3) is 5.91 Å². The van der Waals surface area contributed by atoms with Gasteiger partial charge >= 0.3 is 0 Å². The molecule has 2 atom stereocenters. The summed E-state index contributed by atoms with van der Waals surface area (Å²) in [5, 5.41) is 2.85. The van der Waals surface area contributed by atoms with Crippen molar-refractivity contribution in [1.82, 2.24) is 10.2 Å². The minimum absolute atomic E-state index is 0.0852. The standard InChI is InChI=1S/C17H25FN2O2/c1-12-9-20(10-13(2)22-12)17(3,4)11-19-16(21)14-7-5-6-8-15(14)18/h5-8,12-13H,9-11H2,1-4H3,(H,19,21)/t12-,13-/m0/s1. The quantitative estimate of drug-likeness (QED) is 0.929. The number of carbonyl (C=O) groups excluding carboxylic acids is 1. The maximum Gasteiger partial charge on any atom is 0.254 e. The number of halogens is 1. The van der Waals surface area contributed by atoms with Crippen molar-refractivity contribution in [2.24, 2.45) is 0 Å². The highest BCUT2D eigenvalue weighted by atomic mass is 19.1. The van der Waals surface area contributed by atoms with Gasteiger partial charge in [0, 0.05) is 25.2 Å². The number of carbonyl (C=O) groups is 1. The third-order valence-electron chi connectivity index (χ3n) is 4.08. The molecule has 0 unspecified atom stereocenters. The Bertz CT molecular complexity index is 523. The van der Waals surface area contributed by atoms with Gasteiger partial charge in [-0.2, -0.15) is 0 Å². The molecule has 0 bridgehead atoms. The lowest BCUT2D eigenvalue weighted by Crippen LogP contribution is -2.58. The SMILES string of the molecule is C[C@H]1CN(C(C)(C)CNC(=O)c2ccccc2F)C[C@H](C)O1. The summed E-state index contributed by atoms with van der Waals surface area (Å²) < 4.78 is 19.4. The summed E-state index contributed by atoms with van der Waals surface area (Å²) in [6.07, 6.45) is 0.343. The van der Waals surface area contributed by atoms with Gasteiger partial charge in [-0.15, -0.1) is 0 Å². The molecule has 122 valence electrons. The Labute approximate surface area is 131 Å². The van der Waals surface area contributed by atoms with E-state index in [1.54, 1.807) is 12.1 Å². The lowest BCUT2D eigenvalue weighted by Gasteiger charge is -2.45. The summed E-state index contributed by atoms with van der Waals surface area (Å²) in [7, 11) is 0. The molecule has 0 saturated carbocycles. The first kappa shape index (κ1) is 16.9. The zero-order valence-electron chi connectivity index (χ0n) is 13.7. The minimum Gasteiger partial charge on any atom is -0.373 e. The highest BCUT2D eigenvalue weighted by Gasteiger charge is 2.33. The zero-order chi connectivity index (χ0) is 16.3. The molecule has 1 amide bonds. The number of hydrogen-bond donors (Lipinski definition) is 1. The third-order valence-corrected chi connectivity index (χ3v) is 4.08. The van der Waals surface area contributed by atoms with Crippen molar-refractivity contribution in [1.29, 1.82) is 0 Å². The van der Waals surface area contributed by atoms with Crippen LogP contribution >= 0.6 is 0 Å². The molecular weight excluding hydrogens is 283 g/mol. The number of nitrogens with one attached hydrogen (secondary N) is 1. The van der Waals surface area contributed by atoms with Crippen molar-refractivity contribution in [3.63, 3.8) is 0 Å². The summed E-state index contributed by atoms with van der Waals surface area (Å²) in [5.74, 6) is -0.869. The molecule has 0 spiro atoms. The zero-order valence-corrected chi connectivity index (χ0v) is 13.7. The fourth-order valence-electron chi connectivity index (χ4n) is 2.82. The molecule has 1 fully saturated rings. The molecule has 1 N–H and O–H groups in total. The van der Waals surface area contributed by atoms with E-state index in [0.717, 1.165) is 13.1 Å². The van der Waals surface area contributed by atoms with Crippen LogP contribution in [0.3, 0.4) is 0 Å². The molecule has 2 rings (SSSR count). The highest BCUT2D eigenvalue weighted by Crippen LogP contribution is 2.20. The Morgan fingerprint density at radius 1 is 1.32 bits per heavy atom. The second kappa shape index (κ2) is 6.75. The van der Waals surface area contributed by atoms with Gasteiger partial charge in [0.2, 0.25) is 0 Å². The van der Waals surface area contributed by atoms with E-state index in [1.807, 2.05) is 0 Å². The topological polar surface area (TPSA) is 41.6 Å². The van der Waals surface area contributed by atoms with E-state index in [1.165, 1.54) is 12.1 Å². The average Bonchev–Trinajstić information content (AvgIpc) is 2.44. The van der Waals surface area contributed by atoms with E-state index >= 15 is 0 Å². The van der Waals surface area contributed by atoms with E-state index in [9.17, 15) is 9.18 Å². The maximum atomic E-state index is 13.6. The van der Waals surface area contributed by atoms with Crippen LogP contribution in [0.2, 0.25) is 0 Å². The number of hydrogen-bond acceptors (Lipinski definition) is 3. The second-order valence-corrected chi connectivity index (χ2v) is 6.64. The molecule has 0 aromatic heterocycles. The van der Waals surface area contributed by atoms with Gasteiger partial charge in [0.05, 0.1) is 17.8 Å². The molecule has 1 saturated heterocycles. The van der Waals surface area contributed by atoms with E-state index in [-0.39, 0.29) is 29.2 Å². The first-order valence-corrected chi connectivity index (χ1v) is 7.73. The van der Waals surface area contributed by atoms with Crippen molar-refractivity contribution in [3.8, 4) is 0 Å². The second-order valence-electron chi connectivity index (χ2n) is 6.64. The molecule has 22 heavy (non-hydrogen) atoms. The Balaban J connectivity index is 1.97. The van der Waals surface area contributed by atoms with Crippen molar-refractivity contribution in [3.05, 3.63) is 35.6 Å². The smallest absolute Gasteiger partial charge is 0.254 e. The van der Waals surface area contributed by atoms with Gasteiger partial charge in [0.1, 0.15) is 5.82 Å². The predicted octanol–water partition coefficient (Wildman–Crippen LogP) is 2.44. The number of benzene rings is 1. The van der Waals surface area contributed by atoms with E-state index < -0.39 is 5.82 Å². The molecule has 0 radical (unpaired) electrons. The normalized spacial score (nSPS) is 23.3. The molecule has 4 nitrogen and oxygen atoms in total. The van der Waals surface area contributed by atoms with E-state index in [0.29, 0.717) is 6.54 Å². The monoisotopic (exact) mass is 308 g/mol. The van der Waals surface area contributed by atoms with Crippen LogP contribution in [0, 0.1) is 5.82 Å². The molecule has 1 heterocycles. The Morgan fingerprint density at radius 3 is 2.50 bits per heavy atom. The minimum atomic E-state index is -0.494. The van der Waals surface area contributed by atoms with Crippen LogP contribution in [0.4, 0.5) is 4.39 Å². The van der Waals surface area contributed by atoms with Crippen LogP contribution in [-0.4, -0.2) is 48.2 Å². The molecule has 1 aromatic carbocycles. The number of amides is 1. The van der Waals surface area contributed by atoms with Crippen LogP contribution in [0.5, 0.6) is 0 Å². The Morgan fingerprint density at radius 2 is 1.91 bits per heavy atom. The van der Waals surface area contributed by atoms with Crippen molar-refractivity contribution in [2.75, 3.05) is 19.6 Å². The van der Waals surface area contributed by atoms with Gasteiger partial charge < -0.3 is 10.1 Å². The molecule has 1 aliphatic rings. The molecule has 5 heteroatoms. The number of nitrogens with zero attached hydrogens (tertiary/aromatic N) is 1. The summed E-state index contributed by atoms with van der Waals surface area (Å²) >= 11 is 0. The lowest BCUT2D eigenvalue weighted by atomic mass is 10.00.